The summed E-state index contributed by atoms with van der Waals surface area (Å²) in [5.74, 6) is -3.27. The van der Waals surface area contributed by atoms with Crippen molar-refractivity contribution >= 4 is 17.8 Å². The van der Waals surface area contributed by atoms with Crippen LogP contribution in [-0.2, 0) is 20.8 Å². The molecule has 0 unspecified atom stereocenters. The fourth-order valence-corrected chi connectivity index (χ4v) is 2.65. The first-order chi connectivity index (χ1) is 12.5. The minimum atomic E-state index is -1.07. The average molecular weight is 355 g/mol. The van der Waals surface area contributed by atoms with Gasteiger partial charge in [0, 0.05) is 6.54 Å². The Balaban J connectivity index is 2.04. The standard InChI is InChI=1S/C20H21NO5/c22-18(23)10-11-21-20(26)17(13-19(24)25)12-14-6-8-16(9-7-14)15-4-2-1-3-5-15/h1-9,17H,10-13H2,(H,21,26)(H,22,23)(H,24,25)/t17-/m1/s1. The third-order valence-electron chi connectivity index (χ3n) is 3.97. The number of rotatable bonds is 9. The number of carbonyl (C=O) groups excluding carboxylic acids is 1. The molecule has 6 heteroatoms. The third kappa shape index (κ3) is 6.05. The van der Waals surface area contributed by atoms with Gasteiger partial charge in [-0.2, -0.15) is 0 Å². The molecule has 0 radical (unpaired) electrons. The van der Waals surface area contributed by atoms with E-state index in [1.54, 1.807) is 0 Å². The summed E-state index contributed by atoms with van der Waals surface area (Å²) in [5.41, 5.74) is 2.96. The Morgan fingerprint density at radius 2 is 1.46 bits per heavy atom. The number of aliphatic carboxylic acids is 2. The predicted octanol–water partition coefficient (Wildman–Crippen LogP) is 2.58. The van der Waals surface area contributed by atoms with Gasteiger partial charge in [0.05, 0.1) is 18.8 Å². The number of benzene rings is 2. The van der Waals surface area contributed by atoms with Crippen LogP contribution in [0, 0.1) is 5.92 Å². The number of carboxylic acids is 2. The van der Waals surface area contributed by atoms with Crippen molar-refractivity contribution in [3.8, 4) is 11.1 Å². The topological polar surface area (TPSA) is 104 Å². The maximum Gasteiger partial charge on any atom is 0.305 e. The molecule has 0 saturated carbocycles. The fraction of sp³-hybridized carbons (Fsp3) is 0.250. The second-order valence-electron chi connectivity index (χ2n) is 6.00. The lowest BCUT2D eigenvalue weighted by Gasteiger charge is -2.15. The van der Waals surface area contributed by atoms with Crippen molar-refractivity contribution in [3.05, 3.63) is 60.2 Å². The molecule has 0 heterocycles. The van der Waals surface area contributed by atoms with Crippen molar-refractivity contribution in [2.45, 2.75) is 19.3 Å². The molecule has 3 N–H and O–H groups in total. The highest BCUT2D eigenvalue weighted by Crippen LogP contribution is 2.21. The zero-order valence-corrected chi connectivity index (χ0v) is 14.2. The van der Waals surface area contributed by atoms with Gasteiger partial charge in [-0.15, -0.1) is 0 Å². The van der Waals surface area contributed by atoms with Crippen LogP contribution in [0.3, 0.4) is 0 Å². The van der Waals surface area contributed by atoms with E-state index in [1.807, 2.05) is 54.6 Å². The highest BCUT2D eigenvalue weighted by Gasteiger charge is 2.22. The van der Waals surface area contributed by atoms with Gasteiger partial charge in [-0.25, -0.2) is 0 Å². The molecule has 1 amide bonds. The minimum absolute atomic E-state index is 0.0166. The van der Waals surface area contributed by atoms with Gasteiger partial charge in [0.15, 0.2) is 0 Å². The molecule has 0 aliphatic heterocycles. The van der Waals surface area contributed by atoms with E-state index < -0.39 is 23.8 Å². The molecule has 136 valence electrons. The monoisotopic (exact) mass is 355 g/mol. The van der Waals surface area contributed by atoms with Crippen molar-refractivity contribution < 1.29 is 24.6 Å². The zero-order valence-electron chi connectivity index (χ0n) is 14.2. The Labute approximate surface area is 151 Å². The number of hydrogen-bond donors (Lipinski definition) is 3. The molecule has 0 spiro atoms. The van der Waals surface area contributed by atoms with Gasteiger partial charge in [-0.1, -0.05) is 54.6 Å². The first-order valence-electron chi connectivity index (χ1n) is 8.31. The van der Waals surface area contributed by atoms with Crippen LogP contribution in [-0.4, -0.2) is 34.6 Å². The van der Waals surface area contributed by atoms with Gasteiger partial charge in [0.25, 0.3) is 0 Å². The number of carboxylic acid groups (broad SMARTS) is 2. The molecular weight excluding hydrogens is 334 g/mol. The Morgan fingerprint density at radius 1 is 0.846 bits per heavy atom. The third-order valence-corrected chi connectivity index (χ3v) is 3.97. The van der Waals surface area contributed by atoms with Crippen LogP contribution in [0.4, 0.5) is 0 Å². The maximum absolute atomic E-state index is 12.2. The van der Waals surface area contributed by atoms with Crippen molar-refractivity contribution in [2.75, 3.05) is 6.54 Å². The molecule has 0 aromatic heterocycles. The fourth-order valence-electron chi connectivity index (χ4n) is 2.65. The van der Waals surface area contributed by atoms with E-state index in [0.717, 1.165) is 16.7 Å². The number of amides is 1. The van der Waals surface area contributed by atoms with Crippen molar-refractivity contribution in [2.24, 2.45) is 5.92 Å². The first-order valence-corrected chi connectivity index (χ1v) is 8.31. The van der Waals surface area contributed by atoms with Crippen LogP contribution < -0.4 is 5.32 Å². The SMILES string of the molecule is O=C(O)CCNC(=O)[C@@H](CC(=O)O)Cc1ccc(-c2ccccc2)cc1. The van der Waals surface area contributed by atoms with E-state index in [2.05, 4.69) is 5.32 Å². The summed E-state index contributed by atoms with van der Waals surface area (Å²) in [6.45, 7) is -0.0166. The van der Waals surface area contributed by atoms with E-state index in [4.69, 9.17) is 10.2 Å². The van der Waals surface area contributed by atoms with Crippen LogP contribution in [0.1, 0.15) is 18.4 Å². The van der Waals surface area contributed by atoms with Gasteiger partial charge in [-0.3, -0.25) is 14.4 Å². The molecule has 2 aromatic carbocycles. The van der Waals surface area contributed by atoms with Gasteiger partial charge in [0.2, 0.25) is 5.91 Å². The Bertz CT molecular complexity index is 756. The summed E-state index contributed by atoms with van der Waals surface area (Å²) >= 11 is 0. The zero-order chi connectivity index (χ0) is 18.9. The Morgan fingerprint density at radius 3 is 2.04 bits per heavy atom. The normalized spacial score (nSPS) is 11.5. The largest absolute Gasteiger partial charge is 0.481 e. The first kappa shape index (κ1) is 19.2. The van der Waals surface area contributed by atoms with Gasteiger partial charge >= 0.3 is 11.9 Å². The van der Waals surface area contributed by atoms with Crippen LogP contribution >= 0.6 is 0 Å². The quantitative estimate of drug-likeness (QED) is 0.641. The smallest absolute Gasteiger partial charge is 0.305 e. The molecule has 0 fully saturated rings. The summed E-state index contributed by atoms with van der Waals surface area (Å²) in [6.07, 6.45) is -0.225. The van der Waals surface area contributed by atoms with Crippen LogP contribution in [0.25, 0.3) is 11.1 Å². The lowest BCUT2D eigenvalue weighted by atomic mass is 9.94. The van der Waals surface area contributed by atoms with Crippen LogP contribution in [0.5, 0.6) is 0 Å². The lowest BCUT2D eigenvalue weighted by molar-refractivity contribution is -0.141. The summed E-state index contributed by atoms with van der Waals surface area (Å²) in [5, 5.41) is 20.2. The maximum atomic E-state index is 12.2. The van der Waals surface area contributed by atoms with Gasteiger partial charge in [-0.05, 0) is 23.1 Å². The molecule has 6 nitrogen and oxygen atoms in total. The molecule has 2 rings (SSSR count). The van der Waals surface area contributed by atoms with Crippen molar-refractivity contribution in [3.63, 3.8) is 0 Å². The number of nitrogens with one attached hydrogen (secondary N) is 1. The average Bonchev–Trinajstić information content (AvgIpc) is 2.62. The molecule has 26 heavy (non-hydrogen) atoms. The molecule has 0 aliphatic carbocycles. The second kappa shape index (κ2) is 9.36. The molecule has 0 aliphatic rings. The molecule has 2 aromatic rings. The molecule has 0 saturated heterocycles. The Kier molecular flexibility index (Phi) is 6.91. The minimum Gasteiger partial charge on any atom is -0.481 e. The van der Waals surface area contributed by atoms with Crippen molar-refractivity contribution in [1.82, 2.24) is 5.32 Å². The molecule has 1 atom stereocenters. The van der Waals surface area contributed by atoms with E-state index in [0.29, 0.717) is 0 Å². The highest BCUT2D eigenvalue weighted by molar-refractivity contribution is 5.83. The summed E-state index contributed by atoms with van der Waals surface area (Å²) in [4.78, 5) is 33.8. The van der Waals surface area contributed by atoms with E-state index >= 15 is 0 Å². The van der Waals surface area contributed by atoms with Crippen LogP contribution in [0.15, 0.2) is 54.6 Å². The van der Waals surface area contributed by atoms with Crippen LogP contribution in [0.2, 0.25) is 0 Å². The lowest BCUT2D eigenvalue weighted by Crippen LogP contribution is -2.34. The van der Waals surface area contributed by atoms with Crippen molar-refractivity contribution in [1.29, 1.82) is 0 Å². The molecule has 0 bridgehead atoms. The van der Waals surface area contributed by atoms with E-state index in [-0.39, 0.29) is 25.8 Å². The highest BCUT2D eigenvalue weighted by atomic mass is 16.4. The summed E-state index contributed by atoms with van der Waals surface area (Å²) in [7, 11) is 0. The number of carbonyl (C=O) groups is 3. The van der Waals surface area contributed by atoms with E-state index in [9.17, 15) is 14.4 Å². The summed E-state index contributed by atoms with van der Waals surface area (Å²) < 4.78 is 0. The number of hydrogen-bond acceptors (Lipinski definition) is 3. The summed E-state index contributed by atoms with van der Waals surface area (Å²) in [6, 6.07) is 17.5. The van der Waals surface area contributed by atoms with E-state index in [1.165, 1.54) is 0 Å². The Hall–Kier alpha value is -3.15. The predicted molar refractivity (Wildman–Crippen MR) is 96.6 cm³/mol. The second-order valence-corrected chi connectivity index (χ2v) is 6.00. The van der Waals surface area contributed by atoms with Gasteiger partial charge < -0.3 is 15.5 Å². The molecular formula is C20H21NO5. The van der Waals surface area contributed by atoms with Gasteiger partial charge in [0.1, 0.15) is 0 Å².